The smallest absolute Gasteiger partial charge is 0.242 e. The fraction of sp³-hybridized carbons (Fsp3) is 0.500. The summed E-state index contributed by atoms with van der Waals surface area (Å²) in [7, 11) is 0. The molecular weight excluding hydrogens is 330 g/mol. The summed E-state index contributed by atoms with van der Waals surface area (Å²) in [5.74, 6) is 0.825. The maximum atomic E-state index is 12.3. The van der Waals surface area contributed by atoms with E-state index in [9.17, 15) is 9.90 Å². The standard InChI is InChI=1S/C16H20ClN5O2/c17-16-20-14(21-22-16)4-5-15(24)19-13(10-7-12(23)8-10)9-11-3-1-2-6-18-11/h1-3,6,10,12-13,23H,4-5,7-9H2,(H,19,24)(H,20,21,22)/t10?,12?,13-/m0/s1. The molecule has 7 nitrogen and oxygen atoms in total. The highest BCUT2D eigenvalue weighted by molar-refractivity contribution is 6.28. The van der Waals surface area contributed by atoms with E-state index in [2.05, 4.69) is 25.5 Å². The topological polar surface area (TPSA) is 104 Å². The third-order valence-corrected chi connectivity index (χ3v) is 4.48. The number of halogens is 1. The lowest BCUT2D eigenvalue weighted by molar-refractivity contribution is -0.122. The van der Waals surface area contributed by atoms with Gasteiger partial charge in [0.05, 0.1) is 6.10 Å². The molecule has 0 aromatic carbocycles. The number of hydrogen-bond acceptors (Lipinski definition) is 5. The third-order valence-electron chi connectivity index (χ3n) is 4.31. The first kappa shape index (κ1) is 16.9. The van der Waals surface area contributed by atoms with Crippen LogP contribution in [0, 0.1) is 5.92 Å². The van der Waals surface area contributed by atoms with Crippen LogP contribution in [0.3, 0.4) is 0 Å². The molecule has 2 heterocycles. The van der Waals surface area contributed by atoms with Crippen molar-refractivity contribution in [3.8, 4) is 0 Å². The van der Waals surface area contributed by atoms with Crippen molar-refractivity contribution in [1.82, 2.24) is 25.5 Å². The van der Waals surface area contributed by atoms with Crippen molar-refractivity contribution in [2.24, 2.45) is 5.92 Å². The first-order chi connectivity index (χ1) is 11.6. The van der Waals surface area contributed by atoms with Crippen LogP contribution >= 0.6 is 11.6 Å². The molecule has 3 rings (SSSR count). The van der Waals surface area contributed by atoms with Gasteiger partial charge in [-0.25, -0.2) is 4.98 Å². The normalized spacial score (nSPS) is 21.1. The van der Waals surface area contributed by atoms with Crippen LogP contribution < -0.4 is 5.32 Å². The van der Waals surface area contributed by atoms with Crippen molar-refractivity contribution in [2.75, 3.05) is 0 Å². The first-order valence-corrected chi connectivity index (χ1v) is 8.42. The van der Waals surface area contributed by atoms with Crippen molar-refractivity contribution in [2.45, 2.75) is 44.2 Å². The highest BCUT2D eigenvalue weighted by Crippen LogP contribution is 2.31. The fourth-order valence-corrected chi connectivity index (χ4v) is 3.08. The van der Waals surface area contributed by atoms with Crippen LogP contribution in [0.1, 0.15) is 30.8 Å². The van der Waals surface area contributed by atoms with Gasteiger partial charge in [-0.2, -0.15) is 0 Å². The summed E-state index contributed by atoms with van der Waals surface area (Å²) in [5.41, 5.74) is 0.936. The molecule has 0 bridgehead atoms. The van der Waals surface area contributed by atoms with Crippen molar-refractivity contribution in [1.29, 1.82) is 0 Å². The molecule has 1 fully saturated rings. The highest BCUT2D eigenvalue weighted by atomic mass is 35.5. The Morgan fingerprint density at radius 1 is 1.46 bits per heavy atom. The minimum Gasteiger partial charge on any atom is -0.393 e. The van der Waals surface area contributed by atoms with E-state index in [4.69, 9.17) is 11.6 Å². The second-order valence-corrected chi connectivity index (χ2v) is 6.47. The van der Waals surface area contributed by atoms with Gasteiger partial charge in [-0.15, -0.1) is 5.10 Å². The number of aliphatic hydroxyl groups excluding tert-OH is 1. The van der Waals surface area contributed by atoms with Gasteiger partial charge < -0.3 is 10.4 Å². The van der Waals surface area contributed by atoms with Crippen molar-refractivity contribution in [3.63, 3.8) is 0 Å². The molecule has 3 N–H and O–H groups in total. The molecular formula is C16H20ClN5O2. The molecule has 1 aliphatic carbocycles. The van der Waals surface area contributed by atoms with Gasteiger partial charge >= 0.3 is 0 Å². The van der Waals surface area contributed by atoms with Gasteiger partial charge in [0.25, 0.3) is 0 Å². The quantitative estimate of drug-likeness (QED) is 0.698. The van der Waals surface area contributed by atoms with Crippen LogP contribution in [0.2, 0.25) is 5.28 Å². The van der Waals surface area contributed by atoms with Gasteiger partial charge in [0.1, 0.15) is 5.82 Å². The van der Waals surface area contributed by atoms with Crippen LogP contribution in [0.5, 0.6) is 0 Å². The molecule has 1 saturated carbocycles. The molecule has 2 aromatic rings. The molecule has 1 aliphatic rings. The summed E-state index contributed by atoms with van der Waals surface area (Å²) in [4.78, 5) is 20.6. The monoisotopic (exact) mass is 349 g/mol. The minimum absolute atomic E-state index is 0.0193. The Morgan fingerprint density at radius 2 is 2.29 bits per heavy atom. The van der Waals surface area contributed by atoms with Crippen LogP contribution in [-0.4, -0.2) is 43.3 Å². The molecule has 128 valence electrons. The maximum absolute atomic E-state index is 12.3. The summed E-state index contributed by atoms with van der Waals surface area (Å²) in [5, 5.41) is 19.2. The zero-order valence-corrected chi connectivity index (χ0v) is 13.9. The van der Waals surface area contributed by atoms with E-state index in [-0.39, 0.29) is 29.3 Å². The van der Waals surface area contributed by atoms with Crippen LogP contribution in [0.15, 0.2) is 24.4 Å². The molecule has 0 radical (unpaired) electrons. The number of H-pyrrole nitrogens is 1. The zero-order valence-electron chi connectivity index (χ0n) is 13.2. The molecule has 0 unspecified atom stereocenters. The van der Waals surface area contributed by atoms with Gasteiger partial charge in [0.2, 0.25) is 11.2 Å². The average Bonchev–Trinajstić information content (AvgIpc) is 2.96. The SMILES string of the molecule is O=C(CCc1nc(Cl)n[nH]1)N[C@@H](Cc1ccccn1)C1CC(O)C1. The van der Waals surface area contributed by atoms with E-state index in [0.29, 0.717) is 25.1 Å². The summed E-state index contributed by atoms with van der Waals surface area (Å²) in [6.07, 6.45) is 4.35. The van der Waals surface area contributed by atoms with Crippen LogP contribution in [0.25, 0.3) is 0 Å². The van der Waals surface area contributed by atoms with Crippen LogP contribution in [-0.2, 0) is 17.6 Å². The molecule has 0 saturated heterocycles. The van der Waals surface area contributed by atoms with Gasteiger partial charge in [-0.1, -0.05) is 6.07 Å². The van der Waals surface area contributed by atoms with E-state index in [1.807, 2.05) is 18.2 Å². The molecule has 24 heavy (non-hydrogen) atoms. The number of amides is 1. The minimum atomic E-state index is -0.255. The van der Waals surface area contributed by atoms with Gasteiger partial charge in [0.15, 0.2) is 0 Å². The Balaban J connectivity index is 1.55. The average molecular weight is 350 g/mol. The molecule has 8 heteroatoms. The first-order valence-electron chi connectivity index (χ1n) is 8.04. The number of nitrogens with one attached hydrogen (secondary N) is 2. The van der Waals surface area contributed by atoms with Gasteiger partial charge in [-0.3, -0.25) is 14.9 Å². The summed E-state index contributed by atoms with van der Waals surface area (Å²) < 4.78 is 0. The van der Waals surface area contributed by atoms with Crippen molar-refractivity contribution < 1.29 is 9.90 Å². The Hall–Kier alpha value is -1.99. The van der Waals surface area contributed by atoms with Crippen LogP contribution in [0.4, 0.5) is 0 Å². The summed E-state index contributed by atoms with van der Waals surface area (Å²) >= 11 is 5.65. The number of aryl methyl sites for hydroxylation is 1. The number of pyridine rings is 1. The predicted octanol–water partition coefficient (Wildman–Crippen LogP) is 1.28. The number of aromatic nitrogens is 4. The molecule has 0 spiro atoms. The maximum Gasteiger partial charge on any atom is 0.242 e. The number of carbonyl (C=O) groups is 1. The highest BCUT2D eigenvalue weighted by Gasteiger charge is 2.34. The number of carbonyl (C=O) groups excluding carboxylic acids is 1. The largest absolute Gasteiger partial charge is 0.393 e. The number of aromatic amines is 1. The number of nitrogens with zero attached hydrogens (tertiary/aromatic N) is 3. The zero-order chi connectivity index (χ0) is 16.9. The Kier molecular flexibility index (Phi) is 5.42. The summed E-state index contributed by atoms with van der Waals surface area (Å²) in [6, 6.07) is 5.73. The Morgan fingerprint density at radius 3 is 2.92 bits per heavy atom. The van der Waals surface area contributed by atoms with Crippen molar-refractivity contribution in [3.05, 3.63) is 41.2 Å². The van der Waals surface area contributed by atoms with E-state index in [1.165, 1.54) is 0 Å². The van der Waals surface area contributed by atoms with E-state index >= 15 is 0 Å². The van der Waals surface area contributed by atoms with E-state index in [0.717, 1.165) is 18.5 Å². The van der Waals surface area contributed by atoms with E-state index in [1.54, 1.807) is 6.20 Å². The number of rotatable bonds is 7. The fourth-order valence-electron chi connectivity index (χ4n) is 2.93. The number of hydrogen-bond donors (Lipinski definition) is 3. The molecule has 0 aliphatic heterocycles. The van der Waals surface area contributed by atoms with Crippen molar-refractivity contribution >= 4 is 17.5 Å². The van der Waals surface area contributed by atoms with Gasteiger partial charge in [0, 0.05) is 37.2 Å². The Bertz CT molecular complexity index is 672. The second-order valence-electron chi connectivity index (χ2n) is 6.14. The number of aliphatic hydroxyl groups is 1. The van der Waals surface area contributed by atoms with Gasteiger partial charge in [-0.05, 0) is 42.5 Å². The Labute approximate surface area is 144 Å². The second kappa shape index (κ2) is 7.72. The lowest BCUT2D eigenvalue weighted by atomic mass is 9.76. The third kappa shape index (κ3) is 4.52. The molecule has 1 atom stereocenters. The lowest BCUT2D eigenvalue weighted by Crippen LogP contribution is -2.48. The lowest BCUT2D eigenvalue weighted by Gasteiger charge is -2.38. The molecule has 2 aromatic heterocycles. The summed E-state index contributed by atoms with van der Waals surface area (Å²) in [6.45, 7) is 0. The molecule has 1 amide bonds. The van der Waals surface area contributed by atoms with E-state index < -0.39 is 0 Å². The predicted molar refractivity (Wildman–Crippen MR) is 88.3 cm³/mol.